The van der Waals surface area contributed by atoms with Crippen molar-refractivity contribution in [1.82, 2.24) is 15.1 Å². The Morgan fingerprint density at radius 2 is 1.88 bits per heavy atom. The Balaban J connectivity index is 2.66. The van der Waals surface area contributed by atoms with E-state index in [1.807, 2.05) is 0 Å². The lowest BCUT2D eigenvalue weighted by atomic mass is 10.3. The van der Waals surface area contributed by atoms with Gasteiger partial charge in [-0.15, -0.1) is 0 Å². The molecule has 1 rings (SSSR count). The number of amides is 2. The molecule has 0 aliphatic carbocycles. The summed E-state index contributed by atoms with van der Waals surface area (Å²) in [6, 6.07) is -0.988. The topological polar surface area (TPSA) is 35.6 Å². The van der Waals surface area contributed by atoms with E-state index in [2.05, 4.69) is 5.32 Å². The molecular formula is C10H18F3N3O. The molecule has 0 bridgehead atoms. The second-order valence-electron chi connectivity index (χ2n) is 4.36. The number of piperazine rings is 1. The number of carbonyl (C=O) groups excluding carboxylic acids is 1. The van der Waals surface area contributed by atoms with Gasteiger partial charge in [0.15, 0.2) is 0 Å². The van der Waals surface area contributed by atoms with Crippen LogP contribution in [0.4, 0.5) is 18.0 Å². The van der Waals surface area contributed by atoms with Crippen LogP contribution < -0.4 is 5.32 Å². The van der Waals surface area contributed by atoms with Gasteiger partial charge in [0.25, 0.3) is 0 Å². The second kappa shape index (κ2) is 5.57. The largest absolute Gasteiger partial charge is 0.406 e. The fraction of sp³-hybridized carbons (Fsp3) is 0.900. The summed E-state index contributed by atoms with van der Waals surface area (Å²) in [7, 11) is 0. The molecule has 0 saturated carbocycles. The molecule has 0 atom stereocenters. The molecule has 1 fully saturated rings. The highest BCUT2D eigenvalue weighted by Gasteiger charge is 2.36. The Hall–Kier alpha value is -0.980. The van der Waals surface area contributed by atoms with Gasteiger partial charge in [-0.25, -0.2) is 4.79 Å². The number of hydrogen-bond acceptors (Lipinski definition) is 2. The average molecular weight is 253 g/mol. The van der Waals surface area contributed by atoms with E-state index in [4.69, 9.17) is 0 Å². The average Bonchev–Trinajstić information content (AvgIpc) is 2.25. The smallest absolute Gasteiger partial charge is 0.322 e. The number of rotatable bonds is 2. The fourth-order valence-electron chi connectivity index (χ4n) is 1.70. The predicted octanol–water partition coefficient (Wildman–Crippen LogP) is 1.28. The van der Waals surface area contributed by atoms with Crippen LogP contribution in [0.2, 0.25) is 0 Å². The van der Waals surface area contributed by atoms with Crippen LogP contribution >= 0.6 is 0 Å². The van der Waals surface area contributed by atoms with Gasteiger partial charge in [0.2, 0.25) is 0 Å². The Morgan fingerprint density at radius 1 is 1.35 bits per heavy atom. The van der Waals surface area contributed by atoms with Gasteiger partial charge < -0.3 is 15.1 Å². The number of hydrogen-bond donors (Lipinski definition) is 1. The number of urea groups is 1. The molecule has 100 valence electrons. The van der Waals surface area contributed by atoms with E-state index in [0.717, 1.165) is 4.90 Å². The Bertz CT molecular complexity index is 262. The van der Waals surface area contributed by atoms with Crippen molar-refractivity contribution in [2.75, 3.05) is 32.7 Å². The normalized spacial score (nSPS) is 17.4. The molecular weight excluding hydrogens is 235 g/mol. The van der Waals surface area contributed by atoms with Crippen molar-refractivity contribution in [3.05, 3.63) is 0 Å². The van der Waals surface area contributed by atoms with Crippen molar-refractivity contribution in [3.8, 4) is 0 Å². The molecule has 1 N–H and O–H groups in total. The molecule has 0 aromatic heterocycles. The Morgan fingerprint density at radius 3 is 2.29 bits per heavy atom. The summed E-state index contributed by atoms with van der Waals surface area (Å²) in [4.78, 5) is 14.3. The van der Waals surface area contributed by atoms with E-state index in [-0.39, 0.29) is 0 Å². The van der Waals surface area contributed by atoms with Gasteiger partial charge >= 0.3 is 12.2 Å². The summed E-state index contributed by atoms with van der Waals surface area (Å²) < 4.78 is 37.1. The van der Waals surface area contributed by atoms with Crippen molar-refractivity contribution in [1.29, 1.82) is 0 Å². The van der Waals surface area contributed by atoms with Gasteiger partial charge in [-0.2, -0.15) is 13.2 Å². The first-order valence-corrected chi connectivity index (χ1v) is 5.64. The maximum absolute atomic E-state index is 12.4. The number of carbonyl (C=O) groups is 1. The lowest BCUT2D eigenvalue weighted by Crippen LogP contribution is -2.54. The van der Waals surface area contributed by atoms with E-state index >= 15 is 0 Å². The minimum Gasteiger partial charge on any atom is -0.322 e. The minimum atomic E-state index is -4.35. The van der Waals surface area contributed by atoms with E-state index in [1.165, 1.54) is 4.90 Å². The van der Waals surface area contributed by atoms with Gasteiger partial charge in [0, 0.05) is 32.2 Å². The fourth-order valence-corrected chi connectivity index (χ4v) is 1.70. The van der Waals surface area contributed by atoms with Crippen molar-refractivity contribution < 1.29 is 18.0 Å². The highest BCUT2D eigenvalue weighted by Crippen LogP contribution is 2.19. The van der Waals surface area contributed by atoms with Gasteiger partial charge in [-0.1, -0.05) is 0 Å². The second-order valence-corrected chi connectivity index (χ2v) is 4.36. The first kappa shape index (κ1) is 14.1. The van der Waals surface area contributed by atoms with Crippen LogP contribution in [-0.4, -0.2) is 60.8 Å². The van der Waals surface area contributed by atoms with Crippen LogP contribution in [0, 0.1) is 0 Å². The summed E-state index contributed by atoms with van der Waals surface area (Å²) >= 11 is 0. The number of halogens is 3. The number of nitrogens with one attached hydrogen (secondary N) is 1. The van der Waals surface area contributed by atoms with Crippen LogP contribution in [0.5, 0.6) is 0 Å². The monoisotopic (exact) mass is 253 g/mol. The molecule has 1 heterocycles. The molecule has 0 unspecified atom stereocenters. The Labute approximate surface area is 98.7 Å². The van der Waals surface area contributed by atoms with E-state index in [1.54, 1.807) is 13.8 Å². The van der Waals surface area contributed by atoms with Crippen molar-refractivity contribution in [2.45, 2.75) is 26.1 Å². The molecule has 2 amide bonds. The van der Waals surface area contributed by atoms with Gasteiger partial charge in [0.1, 0.15) is 6.54 Å². The van der Waals surface area contributed by atoms with Crippen LogP contribution in [-0.2, 0) is 0 Å². The third kappa shape index (κ3) is 4.41. The summed E-state index contributed by atoms with van der Waals surface area (Å²) in [5.74, 6) is 0. The van der Waals surface area contributed by atoms with Crippen molar-refractivity contribution in [2.24, 2.45) is 0 Å². The van der Waals surface area contributed by atoms with E-state index in [0.29, 0.717) is 26.2 Å². The van der Waals surface area contributed by atoms with Gasteiger partial charge in [-0.3, -0.25) is 0 Å². The highest BCUT2D eigenvalue weighted by molar-refractivity contribution is 5.75. The van der Waals surface area contributed by atoms with Crippen molar-refractivity contribution >= 4 is 6.03 Å². The summed E-state index contributed by atoms with van der Waals surface area (Å²) in [5, 5.41) is 3.05. The Kier molecular flexibility index (Phi) is 4.62. The number of alkyl halides is 3. The highest BCUT2D eigenvalue weighted by atomic mass is 19.4. The number of nitrogens with zero attached hydrogens (tertiary/aromatic N) is 2. The molecule has 4 nitrogen and oxygen atoms in total. The zero-order chi connectivity index (χ0) is 13.1. The lowest BCUT2D eigenvalue weighted by Gasteiger charge is -2.35. The summed E-state index contributed by atoms with van der Waals surface area (Å²) in [6.07, 6.45) is -4.35. The quantitative estimate of drug-likeness (QED) is 0.804. The van der Waals surface area contributed by atoms with Crippen LogP contribution in [0.15, 0.2) is 0 Å². The first-order chi connectivity index (χ1) is 7.81. The minimum absolute atomic E-state index is 0.458. The molecule has 0 radical (unpaired) electrons. The molecule has 0 aromatic carbocycles. The third-order valence-corrected chi connectivity index (χ3v) is 2.61. The maximum atomic E-state index is 12.4. The molecule has 17 heavy (non-hydrogen) atoms. The molecule has 1 saturated heterocycles. The van der Waals surface area contributed by atoms with Gasteiger partial charge in [0.05, 0.1) is 0 Å². The maximum Gasteiger partial charge on any atom is 0.406 e. The summed E-state index contributed by atoms with van der Waals surface area (Å²) in [6.45, 7) is 4.16. The lowest BCUT2D eigenvalue weighted by molar-refractivity contribution is -0.144. The zero-order valence-electron chi connectivity index (χ0n) is 10.0. The SMILES string of the molecule is CC(C)N(CC(F)(F)F)C(=O)N1CCNCC1. The standard InChI is InChI=1S/C10H18F3N3O/c1-8(2)16(7-10(11,12)13)9(17)15-5-3-14-4-6-15/h8,14H,3-7H2,1-2H3. The van der Waals surface area contributed by atoms with E-state index < -0.39 is 24.8 Å². The first-order valence-electron chi connectivity index (χ1n) is 5.64. The van der Waals surface area contributed by atoms with Gasteiger partial charge in [-0.05, 0) is 13.8 Å². The summed E-state index contributed by atoms with van der Waals surface area (Å²) in [5.41, 5.74) is 0. The third-order valence-electron chi connectivity index (χ3n) is 2.61. The molecule has 1 aliphatic rings. The predicted molar refractivity (Wildman–Crippen MR) is 57.7 cm³/mol. The van der Waals surface area contributed by atoms with E-state index in [9.17, 15) is 18.0 Å². The van der Waals surface area contributed by atoms with Crippen LogP contribution in [0.25, 0.3) is 0 Å². The van der Waals surface area contributed by atoms with Crippen LogP contribution in [0.1, 0.15) is 13.8 Å². The van der Waals surface area contributed by atoms with Crippen LogP contribution in [0.3, 0.4) is 0 Å². The molecule has 1 aliphatic heterocycles. The molecule has 0 aromatic rings. The van der Waals surface area contributed by atoms with Crippen molar-refractivity contribution in [3.63, 3.8) is 0 Å². The zero-order valence-corrected chi connectivity index (χ0v) is 10.0. The molecule has 7 heteroatoms. The molecule has 0 spiro atoms.